The number of ether oxygens (including phenoxy) is 2. The molecule has 0 atom stereocenters. The van der Waals surface area contributed by atoms with Crippen LogP contribution >= 0.6 is 12.4 Å². The Morgan fingerprint density at radius 1 is 0.423 bits per heavy atom. The van der Waals surface area contributed by atoms with Crippen molar-refractivity contribution in [2.45, 2.75) is 191 Å². The van der Waals surface area contributed by atoms with Gasteiger partial charge in [-0.2, -0.15) is 113 Å². The fourth-order valence-corrected chi connectivity index (χ4v) is 13.0. The summed E-state index contributed by atoms with van der Waals surface area (Å²) >= 11 is 0. The standard InChI is InChI=1S/C16H23BO3.C11H11F3O4S.C10H13BO2.C10H12O2.C9H9BO4.C9H12O.C8H8O3.C2F6O5S2.C2H6O.5CO2.B.ClH.2Na.H2O.H/c1-7-12-8-9-13(10-18)14(11(12)2)17-19-15(3,4)16(5,6)20-17;1-3-8-4-5-9(6-15)10(7(8)2)18-19(16,17)11(12,13)14;1-3-8-4-5-9-6-13-11(12)10(9)7(8)2;1-3-8-4-5-9(6-11)10(12)7(8)2;1-6-8(13-5-11)3-2-7-4-14-10(12)9(6)7;1-3-8-5-4-6-9(10)7(8)2;1-6-7(10)3-2-4-8(6)11-5-9;3-1(4,5)14(9,10)13-15(11,12)2(6,7)8;1-2-3;5*2-1-3;;;;;;/h8-10H,7H2,1-6H3;4-6H,3H2,1-2H3;4-5,12H,3,6H2,1-2H3;4-6,12H,3H2,1-2H3;2-3,5,12H,4H2,1H3;4-6,10H,3H2,1-2H3;2-5,10H,1H3;;3H,2H2,1H3;;;;;;;1H;;;1H2;/q;;;;;;;;;;;;;;;;2*+1;;-1/p-1. The third-order valence-electron chi connectivity index (χ3n) is 18.4. The summed E-state index contributed by atoms with van der Waals surface area (Å²) < 4.78 is 205. The first-order chi connectivity index (χ1) is 61.2. The Kier molecular flexibility index (Phi) is 74.6. The fraction of sp³-hybridized carbons (Fsp3) is 0.366. The molecule has 0 amide bonds. The normalized spacial score (nSPS) is 11.9. The molecule has 3 heterocycles. The number of aryl methyl sites for hydroxylation is 5. The molecule has 0 spiro atoms. The van der Waals surface area contributed by atoms with Crippen molar-refractivity contribution < 1.29 is 269 Å². The number of aldehydes is 3. The van der Waals surface area contributed by atoms with E-state index in [2.05, 4.69) is 48.7 Å². The Morgan fingerprint density at radius 3 is 1.06 bits per heavy atom. The molecule has 7 N–H and O–H groups in total. The molecular formula is C82H97B4ClF9Na2O36S3. The number of rotatable bonds is 17. The number of hydrogen-bond acceptors (Lipinski definition) is 36. The molecule has 36 nitrogen and oxygen atoms in total. The van der Waals surface area contributed by atoms with Gasteiger partial charge in [0.2, 0.25) is 0 Å². The Labute approximate surface area is 837 Å². The van der Waals surface area contributed by atoms with Gasteiger partial charge in [-0.1, -0.05) is 95.3 Å². The molecule has 1 fully saturated rings. The molecule has 743 valence electrons. The van der Waals surface area contributed by atoms with Crippen LogP contribution in [0.25, 0.3) is 0 Å². The van der Waals surface area contributed by atoms with Gasteiger partial charge < -0.3 is 69.7 Å². The van der Waals surface area contributed by atoms with E-state index in [1.54, 1.807) is 64.1 Å². The molecule has 0 aromatic heterocycles. The van der Waals surface area contributed by atoms with Crippen LogP contribution in [0.1, 0.15) is 180 Å². The molecule has 7 aromatic carbocycles. The molecule has 0 saturated carbocycles. The summed E-state index contributed by atoms with van der Waals surface area (Å²) in [4.78, 5) is 134. The first kappa shape index (κ1) is 145. The van der Waals surface area contributed by atoms with Gasteiger partial charge in [0.25, 0.3) is 12.9 Å². The van der Waals surface area contributed by atoms with Crippen molar-refractivity contribution in [2.24, 2.45) is 0 Å². The summed E-state index contributed by atoms with van der Waals surface area (Å²) in [6, 6.07) is 28.2. The average Bonchev–Trinajstić information content (AvgIpc) is 1.63. The maximum Gasteiger partial charge on any atom is 1.00 e. The van der Waals surface area contributed by atoms with Gasteiger partial charge in [0.15, 0.2) is 18.3 Å². The van der Waals surface area contributed by atoms with Crippen LogP contribution in [-0.2, 0) is 155 Å². The number of fused-ring (bicyclic) bond motifs is 2. The van der Waals surface area contributed by atoms with Crippen LogP contribution in [0.3, 0.4) is 0 Å². The average molecular weight is 2050 g/mol. The van der Waals surface area contributed by atoms with Crippen LogP contribution in [0.2, 0.25) is 0 Å². The molecule has 3 radical (unpaired) electrons. The van der Waals surface area contributed by atoms with Crippen LogP contribution in [0.4, 0.5) is 39.5 Å². The minimum Gasteiger partial charge on any atom is -1.00 e. The molecule has 137 heavy (non-hydrogen) atoms. The number of aliphatic hydroxyl groups is 1. The Hall–Kier alpha value is -10.0. The van der Waals surface area contributed by atoms with Gasteiger partial charge in [0.1, 0.15) is 35.0 Å². The van der Waals surface area contributed by atoms with Crippen LogP contribution in [0, 0.1) is 48.5 Å². The number of alkyl halides is 9. The summed E-state index contributed by atoms with van der Waals surface area (Å²) in [7, 11) is -21.6. The van der Waals surface area contributed by atoms with Crippen LogP contribution < -0.4 is 89.2 Å². The summed E-state index contributed by atoms with van der Waals surface area (Å²) in [5, 5.41) is 54.5. The SMILES string of the molecule is CCO.CCc1ccc(C=O)c(B2OC(C)(C)C(C)(C)O2)c1C.CCc1ccc(C=O)c(O)c1C.CCc1ccc(C=O)c(OS(=O)(=O)C(F)(F)F)c1C.CCc1ccc2c(c1C)B(O)OC2.CCc1cccc(O)c1C.Cc1c(O)cccc1OC=O.Cc1c(OC=O)ccc2c1B(O)OC2.Cl.O=C=O.O=C=O.O=C=O.O=C=O.O=C=O.O=S(=O)(OS(=O)(=O)C(F)(F)F)C(F)(F)F.[B].[H-].[Na+].[Na+].[OH-]. The molecular weight excluding hydrogens is 1950 g/mol. The molecule has 10 rings (SSSR count). The van der Waals surface area contributed by atoms with Gasteiger partial charge in [0.05, 0.1) is 35.5 Å². The molecule has 0 unspecified atom stereocenters. The molecule has 3 aliphatic heterocycles. The number of phenolic OH excluding ortho intramolecular Hbond substituents is 3. The summed E-state index contributed by atoms with van der Waals surface area (Å²) in [5.41, 5.74) is -2.42. The third-order valence-corrected chi connectivity index (χ3v) is 21.9. The van der Waals surface area contributed by atoms with E-state index in [0.717, 1.165) is 81.8 Å². The maximum absolute atomic E-state index is 12.3. The van der Waals surface area contributed by atoms with Crippen molar-refractivity contribution in [3.05, 3.63) is 192 Å². The number of hydrogen-bond donors (Lipinski definition) is 6. The number of phenols is 3. The Bertz CT molecular complexity index is 5380. The van der Waals surface area contributed by atoms with Gasteiger partial charge in [-0.05, 0) is 240 Å². The van der Waals surface area contributed by atoms with E-state index in [-0.39, 0.29) is 153 Å². The van der Waals surface area contributed by atoms with Gasteiger partial charge in [0, 0.05) is 26.1 Å². The number of carbonyl (C=O) groups excluding carboxylic acids is 15. The van der Waals surface area contributed by atoms with Crippen LogP contribution in [-0.4, -0.2) is 188 Å². The largest absolute Gasteiger partial charge is 1.00 e. The predicted octanol–water partition coefficient (Wildman–Crippen LogP) is 3.13. The van der Waals surface area contributed by atoms with Gasteiger partial charge in [-0.3, -0.25) is 24.0 Å². The third kappa shape index (κ3) is 46.6. The van der Waals surface area contributed by atoms with E-state index < -0.39 is 85.2 Å². The first-order valence-electron chi connectivity index (χ1n) is 37.5. The van der Waals surface area contributed by atoms with E-state index in [1.165, 1.54) is 47.4 Å². The van der Waals surface area contributed by atoms with Gasteiger partial charge in [-0.15, -0.1) is 16.0 Å². The molecule has 0 bridgehead atoms. The second-order valence-electron chi connectivity index (χ2n) is 26.6. The summed E-state index contributed by atoms with van der Waals surface area (Å²) in [6.07, 6.45) is 7.30. The zero-order valence-electron chi connectivity index (χ0n) is 78.1. The van der Waals surface area contributed by atoms with Gasteiger partial charge >= 0.3 is 158 Å². The van der Waals surface area contributed by atoms with Crippen molar-refractivity contribution in [2.75, 3.05) is 6.61 Å². The van der Waals surface area contributed by atoms with Crippen molar-refractivity contribution >= 4 is 151 Å². The molecule has 0 aliphatic carbocycles. The number of carbonyl (C=O) groups is 5. The predicted molar refractivity (Wildman–Crippen MR) is 461 cm³/mol. The fourth-order valence-electron chi connectivity index (χ4n) is 10.9. The van der Waals surface area contributed by atoms with Crippen molar-refractivity contribution in [3.63, 3.8) is 0 Å². The van der Waals surface area contributed by atoms with Crippen molar-refractivity contribution in [1.29, 1.82) is 0 Å². The zero-order valence-corrected chi connectivity index (χ0v) is 84.4. The number of benzene rings is 7. The number of aromatic hydroxyl groups is 3. The summed E-state index contributed by atoms with van der Waals surface area (Å²) in [5.74, 6) is 0.919. The number of halogens is 10. The second kappa shape index (κ2) is 70.6. The topological polar surface area (TPSA) is 584 Å². The Morgan fingerprint density at radius 2 is 0.715 bits per heavy atom. The second-order valence-corrected chi connectivity index (χ2v) is 31.4. The van der Waals surface area contributed by atoms with Gasteiger partial charge in [-0.25, -0.2) is 0 Å². The minimum atomic E-state index is -6.85. The van der Waals surface area contributed by atoms with E-state index in [1.807, 2.05) is 89.4 Å². The molecule has 55 heteroatoms. The van der Waals surface area contributed by atoms with Crippen LogP contribution in [0.5, 0.6) is 34.5 Å². The summed E-state index contributed by atoms with van der Waals surface area (Å²) in [6.45, 7) is 34.4. The van der Waals surface area contributed by atoms with Crippen molar-refractivity contribution in [1.82, 2.24) is 0 Å². The van der Waals surface area contributed by atoms with Crippen LogP contribution in [0.15, 0.2) is 97.1 Å². The molecule has 3 aliphatic rings. The van der Waals surface area contributed by atoms with E-state index in [0.29, 0.717) is 83.8 Å². The maximum atomic E-state index is 12.3. The molecule has 7 aromatic rings. The van der Waals surface area contributed by atoms with E-state index in [9.17, 15) is 109 Å². The van der Waals surface area contributed by atoms with E-state index in [4.69, 9.17) is 81.5 Å². The smallest absolute Gasteiger partial charge is 1.00 e. The first-order valence-corrected chi connectivity index (χ1v) is 41.8. The quantitative estimate of drug-likeness (QED) is 0.0251. The zero-order chi connectivity index (χ0) is 103. The monoisotopic (exact) mass is 2050 g/mol. The minimum absolute atomic E-state index is 0. The van der Waals surface area contributed by atoms with E-state index >= 15 is 0 Å². The molecule has 1 saturated heterocycles. The van der Waals surface area contributed by atoms with Crippen molar-refractivity contribution in [3.8, 4) is 34.5 Å². The number of aliphatic hydroxyl groups excluding tert-OH is 1. The Balaban J connectivity index is -0.000000165.